The van der Waals surface area contributed by atoms with Crippen molar-refractivity contribution in [3.8, 4) is 11.8 Å². The first kappa shape index (κ1) is 13.9. The zero-order valence-electron chi connectivity index (χ0n) is 9.87. The molecule has 1 aromatic carbocycles. The lowest BCUT2D eigenvalue weighted by atomic mass is 10.0. The first-order valence-corrected chi connectivity index (χ1v) is 5.11. The Morgan fingerprint density at radius 1 is 1.50 bits per heavy atom. The number of ether oxygens (including phenoxy) is 2. The topological polar surface area (TPSA) is 59.3 Å². The molecule has 0 aliphatic carbocycles. The second-order valence-electron chi connectivity index (χ2n) is 3.29. The molecule has 1 rings (SSSR count). The van der Waals surface area contributed by atoms with Crippen molar-refractivity contribution in [2.75, 3.05) is 13.7 Å². The normalized spacial score (nSPS) is 10.6. The first-order chi connectivity index (χ1) is 8.48. The average molecular weight is 255 g/mol. The van der Waals surface area contributed by atoms with Crippen LogP contribution in [0.2, 0.25) is 0 Å². The number of alkyl halides is 2. The molecule has 0 N–H and O–H groups in total. The maximum atomic E-state index is 13.9. The lowest BCUT2D eigenvalue weighted by Gasteiger charge is -2.18. The Morgan fingerprint density at radius 2 is 2.17 bits per heavy atom. The monoisotopic (exact) mass is 255 g/mol. The molecule has 0 aromatic heterocycles. The smallest absolute Gasteiger partial charge is 0.382 e. The van der Waals surface area contributed by atoms with Gasteiger partial charge in [0, 0.05) is 0 Å². The molecule has 96 valence electrons. The SMILES string of the molecule is CCOC(=O)C(F)(F)c1c(C#N)cccc1OC. The zero-order chi connectivity index (χ0) is 13.8. The Morgan fingerprint density at radius 3 is 2.67 bits per heavy atom. The predicted molar refractivity (Wildman–Crippen MR) is 58.2 cm³/mol. The molecule has 0 amide bonds. The zero-order valence-corrected chi connectivity index (χ0v) is 9.87. The van der Waals surface area contributed by atoms with Crippen LogP contribution in [0.4, 0.5) is 8.78 Å². The number of nitriles is 1. The van der Waals surface area contributed by atoms with Gasteiger partial charge in [-0.25, -0.2) is 4.79 Å². The molecule has 0 saturated heterocycles. The van der Waals surface area contributed by atoms with Gasteiger partial charge in [0.1, 0.15) is 5.75 Å². The molecule has 0 fully saturated rings. The van der Waals surface area contributed by atoms with Gasteiger partial charge in [0.25, 0.3) is 0 Å². The summed E-state index contributed by atoms with van der Waals surface area (Å²) in [4.78, 5) is 11.3. The highest BCUT2D eigenvalue weighted by Gasteiger charge is 2.46. The maximum Gasteiger partial charge on any atom is 0.382 e. The Balaban J connectivity index is 3.39. The van der Waals surface area contributed by atoms with Crippen LogP contribution >= 0.6 is 0 Å². The molecule has 0 saturated carbocycles. The van der Waals surface area contributed by atoms with Crippen LogP contribution in [0.15, 0.2) is 18.2 Å². The quantitative estimate of drug-likeness (QED) is 0.774. The van der Waals surface area contributed by atoms with E-state index in [1.807, 2.05) is 0 Å². The van der Waals surface area contributed by atoms with Gasteiger partial charge < -0.3 is 9.47 Å². The number of hydrogen-bond acceptors (Lipinski definition) is 4. The van der Waals surface area contributed by atoms with Crippen molar-refractivity contribution in [1.82, 2.24) is 0 Å². The van der Waals surface area contributed by atoms with Crippen LogP contribution in [-0.2, 0) is 15.5 Å². The van der Waals surface area contributed by atoms with Crippen LogP contribution in [0.1, 0.15) is 18.1 Å². The van der Waals surface area contributed by atoms with Crippen molar-refractivity contribution >= 4 is 5.97 Å². The van der Waals surface area contributed by atoms with Gasteiger partial charge in [-0.15, -0.1) is 0 Å². The second-order valence-corrected chi connectivity index (χ2v) is 3.29. The molecular weight excluding hydrogens is 244 g/mol. The average Bonchev–Trinajstić information content (AvgIpc) is 2.37. The van der Waals surface area contributed by atoms with Gasteiger partial charge in [0.05, 0.1) is 30.9 Å². The van der Waals surface area contributed by atoms with Crippen molar-refractivity contribution in [2.45, 2.75) is 12.8 Å². The van der Waals surface area contributed by atoms with Crippen LogP contribution in [0.3, 0.4) is 0 Å². The van der Waals surface area contributed by atoms with Gasteiger partial charge in [0.15, 0.2) is 0 Å². The minimum Gasteiger partial charge on any atom is -0.496 e. The number of halogens is 2. The summed E-state index contributed by atoms with van der Waals surface area (Å²) >= 11 is 0. The molecule has 1 aromatic rings. The molecule has 0 heterocycles. The van der Waals surface area contributed by atoms with E-state index in [0.717, 1.165) is 0 Å². The van der Waals surface area contributed by atoms with E-state index in [1.165, 1.54) is 32.2 Å². The number of carbonyl (C=O) groups excluding carboxylic acids is 1. The molecule has 6 heteroatoms. The number of benzene rings is 1. The fourth-order valence-corrected chi connectivity index (χ4v) is 1.44. The van der Waals surface area contributed by atoms with E-state index in [0.29, 0.717) is 0 Å². The molecule has 0 spiro atoms. The molecule has 0 aliphatic rings. The van der Waals surface area contributed by atoms with E-state index in [-0.39, 0.29) is 17.9 Å². The molecule has 0 aliphatic heterocycles. The van der Waals surface area contributed by atoms with Gasteiger partial charge in [-0.05, 0) is 19.1 Å². The van der Waals surface area contributed by atoms with E-state index in [2.05, 4.69) is 4.74 Å². The van der Waals surface area contributed by atoms with Crippen LogP contribution in [0.25, 0.3) is 0 Å². The number of carbonyl (C=O) groups is 1. The summed E-state index contributed by atoms with van der Waals surface area (Å²) in [6.07, 6.45) is 0. The third-order valence-corrected chi connectivity index (χ3v) is 2.21. The summed E-state index contributed by atoms with van der Waals surface area (Å²) in [6.45, 7) is 1.24. The summed E-state index contributed by atoms with van der Waals surface area (Å²) in [6, 6.07) is 5.44. The third-order valence-electron chi connectivity index (χ3n) is 2.21. The fraction of sp³-hybridized carbons (Fsp3) is 0.333. The van der Waals surface area contributed by atoms with Gasteiger partial charge in [-0.2, -0.15) is 14.0 Å². The van der Waals surface area contributed by atoms with Crippen LogP contribution in [0.5, 0.6) is 5.75 Å². The summed E-state index contributed by atoms with van der Waals surface area (Å²) < 4.78 is 36.9. The number of methoxy groups -OCH3 is 1. The molecule has 0 atom stereocenters. The lowest BCUT2D eigenvalue weighted by Crippen LogP contribution is -2.29. The predicted octanol–water partition coefficient (Wildman–Crippen LogP) is 2.22. The van der Waals surface area contributed by atoms with Crippen molar-refractivity contribution in [3.63, 3.8) is 0 Å². The Bertz CT molecular complexity index is 495. The summed E-state index contributed by atoms with van der Waals surface area (Å²) in [5.74, 6) is -5.86. The van der Waals surface area contributed by atoms with E-state index in [4.69, 9.17) is 10.00 Å². The van der Waals surface area contributed by atoms with Crippen molar-refractivity contribution in [1.29, 1.82) is 5.26 Å². The number of nitrogens with zero attached hydrogens (tertiary/aromatic N) is 1. The third kappa shape index (κ3) is 2.40. The fourth-order valence-electron chi connectivity index (χ4n) is 1.44. The molecule has 18 heavy (non-hydrogen) atoms. The summed E-state index contributed by atoms with van der Waals surface area (Å²) in [5.41, 5.74) is -1.10. The Labute approximate surface area is 103 Å². The maximum absolute atomic E-state index is 13.9. The van der Waals surface area contributed by atoms with Crippen LogP contribution in [-0.4, -0.2) is 19.7 Å². The molecular formula is C12H11F2NO3. The van der Waals surface area contributed by atoms with Gasteiger partial charge in [-0.3, -0.25) is 0 Å². The minimum absolute atomic E-state index is 0.175. The van der Waals surface area contributed by atoms with E-state index >= 15 is 0 Å². The number of hydrogen-bond donors (Lipinski definition) is 0. The largest absolute Gasteiger partial charge is 0.496 e. The molecule has 0 unspecified atom stereocenters. The van der Waals surface area contributed by atoms with Crippen molar-refractivity contribution in [2.24, 2.45) is 0 Å². The molecule has 0 radical (unpaired) electrons. The number of esters is 1. The van der Waals surface area contributed by atoms with Crippen LogP contribution in [0, 0.1) is 11.3 Å². The standard InChI is InChI=1S/C12H11F2NO3/c1-3-18-11(16)12(13,14)10-8(7-15)5-4-6-9(10)17-2/h4-6H,3H2,1-2H3. The lowest BCUT2D eigenvalue weighted by molar-refractivity contribution is -0.173. The van der Waals surface area contributed by atoms with E-state index < -0.39 is 17.5 Å². The molecule has 4 nitrogen and oxygen atoms in total. The van der Waals surface area contributed by atoms with Crippen LogP contribution < -0.4 is 4.74 Å². The highest BCUT2D eigenvalue weighted by Crippen LogP contribution is 2.38. The van der Waals surface area contributed by atoms with Gasteiger partial charge in [0.2, 0.25) is 0 Å². The van der Waals surface area contributed by atoms with Crippen molar-refractivity contribution < 1.29 is 23.0 Å². The van der Waals surface area contributed by atoms with Gasteiger partial charge >= 0.3 is 11.9 Å². The summed E-state index contributed by atoms with van der Waals surface area (Å²) in [7, 11) is 1.18. The van der Waals surface area contributed by atoms with E-state index in [9.17, 15) is 13.6 Å². The van der Waals surface area contributed by atoms with E-state index in [1.54, 1.807) is 6.07 Å². The highest BCUT2D eigenvalue weighted by atomic mass is 19.3. The number of rotatable bonds is 4. The second kappa shape index (κ2) is 5.45. The molecule has 0 bridgehead atoms. The van der Waals surface area contributed by atoms with Gasteiger partial charge in [-0.1, -0.05) is 6.07 Å². The summed E-state index contributed by atoms with van der Waals surface area (Å²) in [5, 5.41) is 8.82. The Hall–Kier alpha value is -2.16. The Kier molecular flexibility index (Phi) is 4.21. The highest BCUT2D eigenvalue weighted by molar-refractivity contribution is 5.81. The van der Waals surface area contributed by atoms with Crippen molar-refractivity contribution in [3.05, 3.63) is 29.3 Å². The first-order valence-electron chi connectivity index (χ1n) is 5.11. The minimum atomic E-state index is -3.92.